The molecule has 0 bridgehead atoms. The Hall–Kier alpha value is -2.86. The van der Waals surface area contributed by atoms with Crippen molar-refractivity contribution in [1.82, 2.24) is 9.97 Å². The lowest BCUT2D eigenvalue weighted by atomic mass is 10.0. The molecule has 0 spiro atoms. The van der Waals surface area contributed by atoms with Gasteiger partial charge in [-0.1, -0.05) is 18.2 Å². The third-order valence-electron chi connectivity index (χ3n) is 4.09. The molecule has 1 amide bonds. The van der Waals surface area contributed by atoms with E-state index < -0.39 is 0 Å². The molecule has 2 aromatic heterocycles. The first-order valence-corrected chi connectivity index (χ1v) is 9.18. The van der Waals surface area contributed by atoms with E-state index in [2.05, 4.69) is 15.3 Å². The lowest BCUT2D eigenvalue weighted by molar-refractivity contribution is -0.116. The van der Waals surface area contributed by atoms with Gasteiger partial charge in [0.1, 0.15) is 5.69 Å². The van der Waals surface area contributed by atoms with Crippen LogP contribution >= 0.6 is 11.3 Å². The molecule has 0 aliphatic carbocycles. The van der Waals surface area contributed by atoms with Crippen LogP contribution in [0.4, 0.5) is 5.13 Å². The number of aryl methyl sites for hydroxylation is 2. The van der Waals surface area contributed by atoms with Crippen molar-refractivity contribution < 1.29 is 9.59 Å². The maximum absolute atomic E-state index is 12.3. The fourth-order valence-corrected chi connectivity index (χ4v) is 3.15. The molecule has 1 N–H and O–H groups in total. The maximum Gasteiger partial charge on any atom is 0.226 e. The van der Waals surface area contributed by atoms with Crippen molar-refractivity contribution >= 4 is 28.2 Å². The second kappa shape index (κ2) is 8.01. The van der Waals surface area contributed by atoms with Gasteiger partial charge < -0.3 is 5.32 Å². The minimum atomic E-state index is -0.218. The van der Waals surface area contributed by atoms with Gasteiger partial charge in [0.05, 0.1) is 5.69 Å². The summed E-state index contributed by atoms with van der Waals surface area (Å²) in [6.07, 6.45) is 2.00. The van der Waals surface area contributed by atoms with Gasteiger partial charge in [-0.05, 0) is 43.2 Å². The highest BCUT2D eigenvalue weighted by Gasteiger charge is 2.12. The van der Waals surface area contributed by atoms with Crippen molar-refractivity contribution in [2.45, 2.75) is 26.7 Å². The number of thiazole rings is 1. The fraction of sp³-hybridized carbons (Fsp3) is 0.200. The molecule has 0 fully saturated rings. The Bertz CT molecular complexity index is 935. The molecule has 6 heteroatoms. The number of nitrogens with zero attached hydrogens (tertiary/aromatic N) is 2. The Morgan fingerprint density at radius 1 is 1.04 bits per heavy atom. The van der Waals surface area contributed by atoms with E-state index in [0.717, 1.165) is 22.5 Å². The molecular weight excluding hydrogens is 346 g/mol. The van der Waals surface area contributed by atoms with Crippen molar-refractivity contribution in [3.63, 3.8) is 0 Å². The monoisotopic (exact) mass is 365 g/mol. The number of Topliss-reactive ketones (excluding diaryl/α,β-unsaturated/α-hetero) is 1. The molecule has 0 radical (unpaired) electrons. The summed E-state index contributed by atoms with van der Waals surface area (Å²) in [7, 11) is 0. The first-order chi connectivity index (χ1) is 12.5. The second-order valence-electron chi connectivity index (χ2n) is 6.02. The molecule has 132 valence electrons. The normalized spacial score (nSPS) is 10.5. The number of rotatable bonds is 6. The number of anilines is 1. The number of hydrogen-bond donors (Lipinski definition) is 1. The number of aromatic nitrogens is 2. The van der Waals surface area contributed by atoms with Gasteiger partial charge in [-0.3, -0.25) is 14.6 Å². The first-order valence-electron chi connectivity index (χ1n) is 8.30. The van der Waals surface area contributed by atoms with Crippen LogP contribution in [0.5, 0.6) is 0 Å². The van der Waals surface area contributed by atoms with E-state index in [9.17, 15) is 9.59 Å². The van der Waals surface area contributed by atoms with Gasteiger partial charge in [0, 0.05) is 30.0 Å². The number of nitrogens with one attached hydrogen (secondary N) is 1. The molecule has 0 atom stereocenters. The van der Waals surface area contributed by atoms with Gasteiger partial charge in [0.15, 0.2) is 10.9 Å². The molecule has 0 unspecified atom stereocenters. The standard InChI is InChI=1S/C20H19N3O2S/c1-13-6-7-15(11-14(13)2)18(24)8-9-19(25)23-20-22-17(12-26-20)16-5-3-4-10-21-16/h3-7,10-12H,8-9H2,1-2H3,(H,22,23,25). The number of ketones is 1. The fourth-order valence-electron chi connectivity index (χ4n) is 2.43. The quantitative estimate of drug-likeness (QED) is 0.656. The van der Waals surface area contributed by atoms with Crippen LogP contribution in [0.3, 0.4) is 0 Å². The summed E-state index contributed by atoms with van der Waals surface area (Å²) in [5.74, 6) is -0.249. The van der Waals surface area contributed by atoms with E-state index >= 15 is 0 Å². The van der Waals surface area contributed by atoms with Crippen LogP contribution in [0, 0.1) is 13.8 Å². The number of carbonyl (C=O) groups is 2. The van der Waals surface area contributed by atoms with Crippen LogP contribution < -0.4 is 5.32 Å². The summed E-state index contributed by atoms with van der Waals surface area (Å²) >= 11 is 1.34. The molecule has 26 heavy (non-hydrogen) atoms. The van der Waals surface area contributed by atoms with Crippen molar-refractivity contribution in [3.05, 3.63) is 64.7 Å². The zero-order valence-electron chi connectivity index (χ0n) is 14.7. The highest BCUT2D eigenvalue weighted by molar-refractivity contribution is 7.14. The minimum absolute atomic E-state index is 0.0310. The Morgan fingerprint density at radius 3 is 2.62 bits per heavy atom. The van der Waals surface area contributed by atoms with Crippen LogP contribution in [0.25, 0.3) is 11.4 Å². The molecule has 3 rings (SSSR count). The average Bonchev–Trinajstić information content (AvgIpc) is 3.11. The summed E-state index contributed by atoms with van der Waals surface area (Å²) in [6.45, 7) is 3.98. The number of amides is 1. The largest absolute Gasteiger partial charge is 0.302 e. The number of benzene rings is 1. The topological polar surface area (TPSA) is 72.0 Å². The van der Waals surface area contributed by atoms with Crippen LogP contribution in [0.1, 0.15) is 34.3 Å². The maximum atomic E-state index is 12.3. The zero-order valence-corrected chi connectivity index (χ0v) is 15.5. The van der Waals surface area contributed by atoms with Crippen LogP contribution in [0.15, 0.2) is 48.0 Å². The summed E-state index contributed by atoms with van der Waals surface area (Å²) in [5, 5.41) is 5.10. The summed E-state index contributed by atoms with van der Waals surface area (Å²) < 4.78 is 0. The third kappa shape index (κ3) is 4.40. The van der Waals surface area contributed by atoms with E-state index in [4.69, 9.17) is 0 Å². The van der Waals surface area contributed by atoms with Crippen molar-refractivity contribution in [2.24, 2.45) is 0 Å². The van der Waals surface area contributed by atoms with Crippen molar-refractivity contribution in [3.8, 4) is 11.4 Å². The van der Waals surface area contributed by atoms with E-state index in [-0.39, 0.29) is 24.5 Å². The van der Waals surface area contributed by atoms with Gasteiger partial charge in [0.25, 0.3) is 0 Å². The smallest absolute Gasteiger partial charge is 0.226 e. The van der Waals surface area contributed by atoms with Crippen LogP contribution in [-0.4, -0.2) is 21.7 Å². The highest BCUT2D eigenvalue weighted by atomic mass is 32.1. The number of pyridine rings is 1. The highest BCUT2D eigenvalue weighted by Crippen LogP contribution is 2.23. The Morgan fingerprint density at radius 2 is 1.88 bits per heavy atom. The van der Waals surface area contributed by atoms with Gasteiger partial charge >= 0.3 is 0 Å². The molecule has 0 saturated heterocycles. The lowest BCUT2D eigenvalue weighted by Gasteiger charge is -2.05. The van der Waals surface area contributed by atoms with Gasteiger partial charge in [-0.25, -0.2) is 4.98 Å². The molecular formula is C20H19N3O2S. The average molecular weight is 365 g/mol. The lowest BCUT2D eigenvalue weighted by Crippen LogP contribution is -2.13. The summed E-state index contributed by atoms with van der Waals surface area (Å²) in [4.78, 5) is 33.0. The second-order valence-corrected chi connectivity index (χ2v) is 6.88. The molecule has 1 aromatic carbocycles. The van der Waals surface area contributed by atoms with Crippen LogP contribution in [0.2, 0.25) is 0 Å². The van der Waals surface area contributed by atoms with Gasteiger partial charge in [0.2, 0.25) is 5.91 Å². The summed E-state index contributed by atoms with van der Waals surface area (Å²) in [6, 6.07) is 11.2. The van der Waals surface area contributed by atoms with Crippen molar-refractivity contribution in [2.75, 3.05) is 5.32 Å². The molecule has 0 aliphatic heterocycles. The van der Waals surface area contributed by atoms with Gasteiger partial charge in [-0.2, -0.15) is 0 Å². The first kappa shape index (κ1) is 17.9. The van der Waals surface area contributed by atoms with Crippen LogP contribution in [-0.2, 0) is 4.79 Å². The van der Waals surface area contributed by atoms with Gasteiger partial charge in [-0.15, -0.1) is 11.3 Å². The van der Waals surface area contributed by atoms with E-state index in [1.54, 1.807) is 6.20 Å². The zero-order chi connectivity index (χ0) is 18.5. The predicted molar refractivity (Wildman–Crippen MR) is 103 cm³/mol. The SMILES string of the molecule is Cc1ccc(C(=O)CCC(=O)Nc2nc(-c3ccccn3)cs2)cc1C. The summed E-state index contributed by atoms with van der Waals surface area (Å²) in [5.41, 5.74) is 4.34. The Balaban J connectivity index is 1.55. The molecule has 0 aliphatic rings. The number of carbonyl (C=O) groups excluding carboxylic acids is 2. The predicted octanol–water partition coefficient (Wildman–Crippen LogP) is 4.42. The van der Waals surface area contributed by atoms with E-state index in [0.29, 0.717) is 10.7 Å². The third-order valence-corrected chi connectivity index (χ3v) is 4.84. The minimum Gasteiger partial charge on any atom is -0.302 e. The Kier molecular flexibility index (Phi) is 5.53. The molecule has 3 aromatic rings. The van der Waals surface area contributed by atoms with E-state index in [1.165, 1.54) is 11.3 Å². The van der Waals surface area contributed by atoms with E-state index in [1.807, 2.05) is 55.6 Å². The van der Waals surface area contributed by atoms with Crippen molar-refractivity contribution in [1.29, 1.82) is 0 Å². The molecule has 5 nitrogen and oxygen atoms in total. The Labute approximate surface area is 156 Å². The molecule has 2 heterocycles. The molecule has 0 saturated carbocycles. The number of hydrogen-bond acceptors (Lipinski definition) is 5.